The molecule has 0 aliphatic heterocycles. The molecule has 2 aromatic carbocycles. The summed E-state index contributed by atoms with van der Waals surface area (Å²) in [4.78, 5) is 37.0. The van der Waals surface area contributed by atoms with Gasteiger partial charge in [0.2, 0.25) is 5.91 Å². The third-order valence-electron chi connectivity index (χ3n) is 5.08. The van der Waals surface area contributed by atoms with Crippen molar-refractivity contribution < 1.29 is 9.59 Å². The molecular weight excluding hydrogens is 392 g/mol. The van der Waals surface area contributed by atoms with E-state index in [1.165, 1.54) is 12.1 Å². The number of amides is 2. The Hall–Kier alpha value is -3.74. The quantitative estimate of drug-likeness (QED) is 0.637. The van der Waals surface area contributed by atoms with Crippen LogP contribution in [0.2, 0.25) is 0 Å². The Kier molecular flexibility index (Phi) is 6.65. The minimum Gasteiger partial charge on any atom is -0.326 e. The molecule has 160 valence electrons. The molecule has 0 radical (unpaired) electrons. The van der Waals surface area contributed by atoms with Gasteiger partial charge in [-0.15, -0.1) is 0 Å². The molecule has 0 spiro atoms. The van der Waals surface area contributed by atoms with Crippen LogP contribution < -0.4 is 16.2 Å². The van der Waals surface area contributed by atoms with E-state index in [-0.39, 0.29) is 30.1 Å². The molecule has 1 heterocycles. The van der Waals surface area contributed by atoms with Crippen LogP contribution in [-0.2, 0) is 11.3 Å². The molecule has 1 aromatic heterocycles. The fourth-order valence-corrected chi connectivity index (χ4v) is 3.04. The van der Waals surface area contributed by atoms with Crippen LogP contribution in [-0.4, -0.2) is 21.6 Å². The molecule has 0 saturated heterocycles. The van der Waals surface area contributed by atoms with E-state index in [9.17, 15) is 14.4 Å². The predicted molar refractivity (Wildman–Crippen MR) is 122 cm³/mol. The van der Waals surface area contributed by atoms with Crippen molar-refractivity contribution in [3.63, 3.8) is 0 Å². The predicted octanol–water partition coefficient (Wildman–Crippen LogP) is 3.76. The van der Waals surface area contributed by atoms with Gasteiger partial charge in [-0.2, -0.15) is 5.10 Å². The maximum atomic E-state index is 12.6. The molecule has 3 aromatic rings. The minimum atomic E-state index is -0.420. The van der Waals surface area contributed by atoms with Crippen molar-refractivity contribution in [2.24, 2.45) is 0 Å². The van der Waals surface area contributed by atoms with Gasteiger partial charge in [0.05, 0.1) is 6.54 Å². The molecule has 0 atom stereocenters. The van der Waals surface area contributed by atoms with Gasteiger partial charge < -0.3 is 10.6 Å². The van der Waals surface area contributed by atoms with E-state index in [4.69, 9.17) is 0 Å². The van der Waals surface area contributed by atoms with Gasteiger partial charge in [0.15, 0.2) is 0 Å². The summed E-state index contributed by atoms with van der Waals surface area (Å²) in [7, 11) is 0. The van der Waals surface area contributed by atoms with Crippen LogP contribution in [0.25, 0.3) is 0 Å². The van der Waals surface area contributed by atoms with Gasteiger partial charge in [-0.05, 0) is 74.2 Å². The first-order chi connectivity index (χ1) is 14.7. The maximum Gasteiger partial charge on any atom is 0.276 e. The van der Waals surface area contributed by atoms with Crippen LogP contribution in [0.3, 0.4) is 0 Å². The fourth-order valence-electron chi connectivity index (χ4n) is 3.04. The summed E-state index contributed by atoms with van der Waals surface area (Å²) in [6.07, 6.45) is 0.0581. The van der Waals surface area contributed by atoms with Crippen LogP contribution >= 0.6 is 0 Å². The first-order valence-corrected chi connectivity index (χ1v) is 10.1. The number of carbonyl (C=O) groups is 2. The second kappa shape index (κ2) is 9.38. The smallest absolute Gasteiger partial charge is 0.276 e. The van der Waals surface area contributed by atoms with Gasteiger partial charge in [0.1, 0.15) is 5.69 Å². The van der Waals surface area contributed by atoms with Gasteiger partial charge >= 0.3 is 0 Å². The highest BCUT2D eigenvalue weighted by molar-refractivity contribution is 6.02. The molecule has 0 bridgehead atoms. The third kappa shape index (κ3) is 5.66. The number of hydrogen-bond donors (Lipinski definition) is 2. The Labute approximate surface area is 181 Å². The molecule has 0 aliphatic carbocycles. The average Bonchev–Trinajstić information content (AvgIpc) is 2.72. The lowest BCUT2D eigenvalue weighted by molar-refractivity contribution is -0.116. The van der Waals surface area contributed by atoms with Crippen LogP contribution in [0, 0.1) is 27.7 Å². The average molecular weight is 418 g/mol. The Morgan fingerprint density at radius 1 is 0.871 bits per heavy atom. The number of aryl methyl sites for hydroxylation is 5. The molecule has 31 heavy (non-hydrogen) atoms. The van der Waals surface area contributed by atoms with Crippen molar-refractivity contribution in [1.82, 2.24) is 9.78 Å². The van der Waals surface area contributed by atoms with Crippen molar-refractivity contribution in [2.75, 3.05) is 10.6 Å². The van der Waals surface area contributed by atoms with E-state index in [0.717, 1.165) is 32.6 Å². The number of benzene rings is 2. The van der Waals surface area contributed by atoms with Gasteiger partial charge in [0, 0.05) is 23.9 Å². The summed E-state index contributed by atoms with van der Waals surface area (Å²) >= 11 is 0. The molecule has 2 N–H and O–H groups in total. The summed E-state index contributed by atoms with van der Waals surface area (Å²) in [6.45, 7) is 7.90. The summed E-state index contributed by atoms with van der Waals surface area (Å²) in [5, 5.41) is 9.78. The van der Waals surface area contributed by atoms with Crippen molar-refractivity contribution in [3.05, 3.63) is 86.8 Å². The lowest BCUT2D eigenvalue weighted by atomic mass is 10.1. The standard InChI is InChI=1S/C24H26N4O3/c1-15-5-6-17(3)21(13-15)26-22(29)11-12-28-23(30)10-9-20(27-28)24(31)25-19-8-7-16(2)18(4)14-19/h5-10,13-14H,11-12H2,1-4H3,(H,25,31)(H,26,29). The van der Waals surface area contributed by atoms with Crippen LogP contribution in [0.5, 0.6) is 0 Å². The summed E-state index contributed by atoms with van der Waals surface area (Å²) in [6, 6.07) is 14.1. The van der Waals surface area contributed by atoms with E-state index < -0.39 is 5.91 Å². The lowest BCUT2D eigenvalue weighted by Crippen LogP contribution is -2.28. The molecule has 2 amide bonds. The SMILES string of the molecule is Cc1ccc(C)c(NC(=O)CCn2nc(C(=O)Nc3ccc(C)c(C)c3)ccc2=O)c1. The van der Waals surface area contributed by atoms with Crippen molar-refractivity contribution >= 4 is 23.2 Å². The first-order valence-electron chi connectivity index (χ1n) is 10.1. The summed E-state index contributed by atoms with van der Waals surface area (Å²) in [5.41, 5.74) is 5.32. The molecular formula is C24H26N4O3. The first kappa shape index (κ1) is 22.0. The second-order valence-electron chi connectivity index (χ2n) is 7.65. The summed E-state index contributed by atoms with van der Waals surface area (Å²) < 4.78 is 1.14. The van der Waals surface area contributed by atoms with Crippen molar-refractivity contribution in [3.8, 4) is 0 Å². The monoisotopic (exact) mass is 418 g/mol. The second-order valence-corrected chi connectivity index (χ2v) is 7.65. The summed E-state index contributed by atoms with van der Waals surface area (Å²) in [5.74, 6) is -0.649. The Balaban J connectivity index is 1.67. The number of aromatic nitrogens is 2. The highest BCUT2D eigenvalue weighted by Gasteiger charge is 2.12. The molecule has 0 fully saturated rings. The third-order valence-corrected chi connectivity index (χ3v) is 5.08. The molecule has 0 saturated carbocycles. The minimum absolute atomic E-state index is 0.0581. The van der Waals surface area contributed by atoms with Crippen molar-refractivity contribution in [1.29, 1.82) is 0 Å². The van der Waals surface area contributed by atoms with Gasteiger partial charge in [0.25, 0.3) is 11.5 Å². The highest BCUT2D eigenvalue weighted by atomic mass is 16.2. The van der Waals surface area contributed by atoms with Crippen LogP contribution in [0.4, 0.5) is 11.4 Å². The van der Waals surface area contributed by atoms with E-state index in [1.54, 1.807) is 0 Å². The zero-order chi connectivity index (χ0) is 22.5. The Morgan fingerprint density at radius 3 is 2.35 bits per heavy atom. The lowest BCUT2D eigenvalue weighted by Gasteiger charge is -2.11. The molecule has 0 aliphatic rings. The van der Waals surface area contributed by atoms with Gasteiger partial charge in [-0.3, -0.25) is 14.4 Å². The van der Waals surface area contributed by atoms with Crippen LogP contribution in [0.15, 0.2) is 53.3 Å². The Morgan fingerprint density at radius 2 is 1.61 bits per heavy atom. The van der Waals surface area contributed by atoms with Crippen LogP contribution in [0.1, 0.15) is 39.2 Å². The van der Waals surface area contributed by atoms with Gasteiger partial charge in [-0.1, -0.05) is 18.2 Å². The zero-order valence-electron chi connectivity index (χ0n) is 18.2. The zero-order valence-corrected chi connectivity index (χ0v) is 18.2. The molecule has 7 nitrogen and oxygen atoms in total. The number of rotatable bonds is 6. The highest BCUT2D eigenvalue weighted by Crippen LogP contribution is 2.17. The van der Waals surface area contributed by atoms with E-state index in [1.807, 2.05) is 64.1 Å². The number of hydrogen-bond acceptors (Lipinski definition) is 4. The van der Waals surface area contributed by atoms with E-state index >= 15 is 0 Å². The molecule has 0 unspecified atom stereocenters. The molecule has 3 rings (SSSR count). The van der Waals surface area contributed by atoms with Gasteiger partial charge in [-0.25, -0.2) is 4.68 Å². The normalized spacial score (nSPS) is 10.6. The number of anilines is 2. The number of carbonyl (C=O) groups excluding carboxylic acids is 2. The largest absolute Gasteiger partial charge is 0.326 e. The number of nitrogens with zero attached hydrogens (tertiary/aromatic N) is 2. The number of nitrogens with one attached hydrogen (secondary N) is 2. The Bertz CT molecular complexity index is 1200. The maximum absolute atomic E-state index is 12.6. The fraction of sp³-hybridized carbons (Fsp3) is 0.250. The topological polar surface area (TPSA) is 93.1 Å². The molecule has 7 heteroatoms. The van der Waals surface area contributed by atoms with Crippen molar-refractivity contribution in [2.45, 2.75) is 40.7 Å². The van der Waals surface area contributed by atoms with E-state index in [0.29, 0.717) is 5.69 Å². The van der Waals surface area contributed by atoms with E-state index in [2.05, 4.69) is 15.7 Å².